The van der Waals surface area contributed by atoms with E-state index in [1.165, 1.54) is 5.56 Å². The fourth-order valence-electron chi connectivity index (χ4n) is 1.20. The van der Waals surface area contributed by atoms with E-state index in [0.717, 1.165) is 17.7 Å². The fourth-order valence-corrected chi connectivity index (χ4v) is 1.20. The summed E-state index contributed by atoms with van der Waals surface area (Å²) in [6, 6.07) is 7.61. The van der Waals surface area contributed by atoms with Crippen molar-refractivity contribution in [3.8, 4) is 0 Å². The standard InChI is InChI=1S/C13H18N2O/c1-4-11-5-7-12(8-6-11)15-13(16)14-9-10(2)3/h5-9H,4H2,1-3H3,(H2,14,15,16). The van der Waals surface area contributed by atoms with E-state index in [-0.39, 0.29) is 6.03 Å². The second kappa shape index (κ2) is 5.95. The topological polar surface area (TPSA) is 41.1 Å². The van der Waals surface area contributed by atoms with Gasteiger partial charge in [-0.15, -0.1) is 0 Å². The first-order valence-corrected chi connectivity index (χ1v) is 5.41. The predicted molar refractivity (Wildman–Crippen MR) is 67.4 cm³/mol. The molecule has 1 aromatic rings. The molecule has 86 valence electrons. The van der Waals surface area contributed by atoms with Gasteiger partial charge in [0.2, 0.25) is 0 Å². The molecule has 0 atom stereocenters. The normalized spacial score (nSPS) is 9.44. The number of aryl methyl sites for hydroxylation is 1. The molecule has 16 heavy (non-hydrogen) atoms. The monoisotopic (exact) mass is 218 g/mol. The number of urea groups is 1. The van der Waals surface area contributed by atoms with Crippen LogP contribution in [-0.2, 0) is 6.42 Å². The lowest BCUT2D eigenvalue weighted by atomic mass is 10.1. The minimum Gasteiger partial charge on any atom is -0.314 e. The Bertz CT molecular complexity index is 375. The summed E-state index contributed by atoms with van der Waals surface area (Å²) in [5.41, 5.74) is 3.11. The molecule has 0 unspecified atom stereocenters. The third kappa shape index (κ3) is 4.17. The molecule has 2 amide bonds. The number of carbonyl (C=O) groups excluding carboxylic acids is 1. The zero-order chi connectivity index (χ0) is 12.0. The van der Waals surface area contributed by atoms with Crippen LogP contribution < -0.4 is 10.6 Å². The third-order valence-electron chi connectivity index (χ3n) is 2.11. The van der Waals surface area contributed by atoms with Crippen LogP contribution in [0.4, 0.5) is 10.5 Å². The van der Waals surface area contributed by atoms with Crippen LogP contribution in [0.2, 0.25) is 0 Å². The van der Waals surface area contributed by atoms with Crippen LogP contribution in [0, 0.1) is 0 Å². The average Bonchev–Trinajstić information content (AvgIpc) is 2.27. The van der Waals surface area contributed by atoms with E-state index in [2.05, 4.69) is 17.6 Å². The SMILES string of the molecule is CCc1ccc(NC(=O)NC=C(C)C)cc1. The number of hydrogen-bond donors (Lipinski definition) is 2. The van der Waals surface area contributed by atoms with Crippen molar-refractivity contribution in [2.24, 2.45) is 0 Å². The maximum absolute atomic E-state index is 11.4. The molecule has 1 rings (SSSR count). The number of hydrogen-bond acceptors (Lipinski definition) is 1. The van der Waals surface area contributed by atoms with Gasteiger partial charge in [-0.25, -0.2) is 4.79 Å². The van der Waals surface area contributed by atoms with Crippen molar-refractivity contribution in [2.75, 3.05) is 5.32 Å². The van der Waals surface area contributed by atoms with Crippen molar-refractivity contribution in [1.82, 2.24) is 5.32 Å². The highest BCUT2D eigenvalue weighted by Gasteiger charge is 1.98. The first-order chi connectivity index (χ1) is 7.61. The van der Waals surface area contributed by atoms with E-state index in [1.54, 1.807) is 6.20 Å². The summed E-state index contributed by atoms with van der Waals surface area (Å²) in [7, 11) is 0. The zero-order valence-corrected chi connectivity index (χ0v) is 10.0. The molecule has 0 spiro atoms. The number of carbonyl (C=O) groups is 1. The molecule has 0 fully saturated rings. The molecule has 3 nitrogen and oxygen atoms in total. The maximum atomic E-state index is 11.4. The third-order valence-corrected chi connectivity index (χ3v) is 2.11. The van der Waals surface area contributed by atoms with Gasteiger partial charge in [-0.05, 0) is 38.0 Å². The maximum Gasteiger partial charge on any atom is 0.323 e. The van der Waals surface area contributed by atoms with Gasteiger partial charge >= 0.3 is 6.03 Å². The Labute approximate surface area is 96.6 Å². The zero-order valence-electron chi connectivity index (χ0n) is 10.0. The fraction of sp³-hybridized carbons (Fsp3) is 0.308. The van der Waals surface area contributed by atoms with Crippen LogP contribution in [0.1, 0.15) is 26.3 Å². The summed E-state index contributed by atoms with van der Waals surface area (Å²) >= 11 is 0. The van der Waals surface area contributed by atoms with Crippen LogP contribution in [0.5, 0.6) is 0 Å². The van der Waals surface area contributed by atoms with Gasteiger partial charge in [-0.2, -0.15) is 0 Å². The van der Waals surface area contributed by atoms with E-state index in [9.17, 15) is 4.79 Å². The number of anilines is 1. The van der Waals surface area contributed by atoms with Crippen molar-refractivity contribution in [1.29, 1.82) is 0 Å². The molecule has 0 aromatic heterocycles. The molecule has 0 aliphatic carbocycles. The molecule has 2 N–H and O–H groups in total. The number of rotatable bonds is 3. The minimum absolute atomic E-state index is 0.217. The van der Waals surface area contributed by atoms with Crippen LogP contribution in [0.3, 0.4) is 0 Å². The van der Waals surface area contributed by atoms with Gasteiger partial charge in [0.15, 0.2) is 0 Å². The molecule has 0 radical (unpaired) electrons. The molecule has 0 bridgehead atoms. The second-order valence-electron chi connectivity index (χ2n) is 3.87. The quantitative estimate of drug-likeness (QED) is 0.803. The molecular formula is C13H18N2O. The number of allylic oxidation sites excluding steroid dienone is 1. The molecule has 0 saturated carbocycles. The van der Waals surface area contributed by atoms with Gasteiger partial charge in [0, 0.05) is 11.9 Å². The predicted octanol–water partition coefficient (Wildman–Crippen LogP) is 3.29. The van der Waals surface area contributed by atoms with Gasteiger partial charge in [-0.3, -0.25) is 0 Å². The summed E-state index contributed by atoms with van der Waals surface area (Å²) < 4.78 is 0. The van der Waals surface area contributed by atoms with Crippen molar-refractivity contribution >= 4 is 11.7 Å². The average molecular weight is 218 g/mol. The van der Waals surface area contributed by atoms with Gasteiger partial charge in [-0.1, -0.05) is 24.6 Å². The van der Waals surface area contributed by atoms with E-state index < -0.39 is 0 Å². The molecule has 0 aliphatic heterocycles. The van der Waals surface area contributed by atoms with Crippen molar-refractivity contribution < 1.29 is 4.79 Å². The first-order valence-electron chi connectivity index (χ1n) is 5.41. The van der Waals surface area contributed by atoms with Gasteiger partial charge in [0.1, 0.15) is 0 Å². The number of benzene rings is 1. The van der Waals surface area contributed by atoms with Crippen LogP contribution >= 0.6 is 0 Å². The lowest BCUT2D eigenvalue weighted by Crippen LogP contribution is -2.24. The van der Waals surface area contributed by atoms with Crippen molar-refractivity contribution in [2.45, 2.75) is 27.2 Å². The highest BCUT2D eigenvalue weighted by Crippen LogP contribution is 2.09. The Kier molecular flexibility index (Phi) is 4.58. The smallest absolute Gasteiger partial charge is 0.314 e. The molecule has 1 aromatic carbocycles. The Balaban J connectivity index is 2.53. The summed E-state index contributed by atoms with van der Waals surface area (Å²) in [5.74, 6) is 0. The van der Waals surface area contributed by atoms with Gasteiger partial charge < -0.3 is 10.6 Å². The minimum atomic E-state index is -0.217. The first kappa shape index (κ1) is 12.3. The Morgan fingerprint density at radius 2 is 1.88 bits per heavy atom. The van der Waals surface area contributed by atoms with E-state index in [0.29, 0.717) is 0 Å². The van der Waals surface area contributed by atoms with Crippen molar-refractivity contribution in [3.05, 3.63) is 41.6 Å². The number of nitrogens with one attached hydrogen (secondary N) is 2. The van der Waals surface area contributed by atoms with Gasteiger partial charge in [0.25, 0.3) is 0 Å². The summed E-state index contributed by atoms with van der Waals surface area (Å²) in [4.78, 5) is 11.4. The highest BCUT2D eigenvalue weighted by molar-refractivity contribution is 5.89. The molecule has 0 heterocycles. The molecule has 0 aliphatic rings. The Morgan fingerprint density at radius 1 is 1.25 bits per heavy atom. The molecule has 3 heteroatoms. The van der Waals surface area contributed by atoms with E-state index in [4.69, 9.17) is 0 Å². The van der Waals surface area contributed by atoms with E-state index in [1.807, 2.05) is 38.1 Å². The highest BCUT2D eigenvalue weighted by atomic mass is 16.2. The van der Waals surface area contributed by atoms with Crippen LogP contribution in [0.25, 0.3) is 0 Å². The van der Waals surface area contributed by atoms with Crippen LogP contribution in [-0.4, -0.2) is 6.03 Å². The summed E-state index contributed by atoms with van der Waals surface area (Å²) in [6.45, 7) is 5.95. The number of amides is 2. The Hall–Kier alpha value is -1.77. The van der Waals surface area contributed by atoms with Crippen molar-refractivity contribution in [3.63, 3.8) is 0 Å². The summed E-state index contributed by atoms with van der Waals surface area (Å²) in [6.07, 6.45) is 2.68. The molecule has 0 saturated heterocycles. The van der Waals surface area contributed by atoms with Crippen LogP contribution in [0.15, 0.2) is 36.0 Å². The Morgan fingerprint density at radius 3 is 2.38 bits per heavy atom. The van der Waals surface area contributed by atoms with Gasteiger partial charge in [0.05, 0.1) is 0 Å². The lowest BCUT2D eigenvalue weighted by molar-refractivity contribution is 0.255. The largest absolute Gasteiger partial charge is 0.323 e. The second-order valence-corrected chi connectivity index (χ2v) is 3.87. The molecular weight excluding hydrogens is 200 g/mol. The van der Waals surface area contributed by atoms with E-state index >= 15 is 0 Å². The summed E-state index contributed by atoms with van der Waals surface area (Å²) in [5, 5.41) is 5.40. The lowest BCUT2D eigenvalue weighted by Gasteiger charge is -2.05.